The first-order valence-electron chi connectivity index (χ1n) is 6.51. The molecule has 0 atom stereocenters. The van der Waals surface area contributed by atoms with Gasteiger partial charge in [0.05, 0.1) is 17.6 Å². The van der Waals surface area contributed by atoms with Crippen LogP contribution in [0.4, 0.5) is 18.9 Å². The number of halogens is 3. The van der Waals surface area contributed by atoms with Crippen molar-refractivity contribution in [2.45, 2.75) is 6.18 Å². The Bertz CT molecular complexity index is 789. The van der Waals surface area contributed by atoms with E-state index >= 15 is 0 Å². The Morgan fingerprint density at radius 1 is 1.00 bits per heavy atom. The maximum atomic E-state index is 12.8. The summed E-state index contributed by atoms with van der Waals surface area (Å²) in [4.78, 5) is 4.23. The third-order valence-corrected chi connectivity index (χ3v) is 3.26. The summed E-state index contributed by atoms with van der Waals surface area (Å²) in [5.74, 6) is 0. The van der Waals surface area contributed by atoms with Crippen LogP contribution in [0.1, 0.15) is 5.56 Å². The fourth-order valence-electron chi connectivity index (χ4n) is 2.11. The molecular weight excluding hydrogens is 291 g/mol. The van der Waals surface area contributed by atoms with Crippen LogP contribution in [0.2, 0.25) is 0 Å². The Morgan fingerprint density at radius 3 is 2.41 bits per heavy atom. The quantitative estimate of drug-likeness (QED) is 0.723. The molecule has 1 heterocycles. The van der Waals surface area contributed by atoms with E-state index in [0.717, 1.165) is 17.7 Å². The highest BCUT2D eigenvalue weighted by molar-refractivity contribution is 5.61. The zero-order valence-electron chi connectivity index (χ0n) is 11.4. The van der Waals surface area contributed by atoms with E-state index in [1.54, 1.807) is 29.0 Å². The lowest BCUT2D eigenvalue weighted by molar-refractivity contribution is -0.137. The fourth-order valence-corrected chi connectivity index (χ4v) is 2.11. The molecule has 0 fully saturated rings. The van der Waals surface area contributed by atoms with E-state index in [2.05, 4.69) is 4.98 Å². The first-order chi connectivity index (χ1) is 10.4. The molecule has 0 aliphatic carbocycles. The molecule has 2 N–H and O–H groups in total. The molecule has 0 aliphatic rings. The Balaban J connectivity index is 1.96. The van der Waals surface area contributed by atoms with Gasteiger partial charge in [0.2, 0.25) is 0 Å². The van der Waals surface area contributed by atoms with Gasteiger partial charge in [-0.25, -0.2) is 4.98 Å². The number of rotatable bonds is 2. The molecule has 0 bridgehead atoms. The van der Waals surface area contributed by atoms with Crippen LogP contribution in [0.3, 0.4) is 0 Å². The summed E-state index contributed by atoms with van der Waals surface area (Å²) in [7, 11) is 0. The molecule has 3 rings (SSSR count). The average molecular weight is 303 g/mol. The summed E-state index contributed by atoms with van der Waals surface area (Å²) in [6.45, 7) is 0. The fraction of sp³-hybridized carbons (Fsp3) is 0.0625. The zero-order chi connectivity index (χ0) is 15.7. The number of nitrogen functional groups attached to an aromatic ring is 1. The second kappa shape index (κ2) is 5.22. The van der Waals surface area contributed by atoms with Crippen molar-refractivity contribution >= 4 is 5.69 Å². The summed E-state index contributed by atoms with van der Waals surface area (Å²) >= 11 is 0. The average Bonchev–Trinajstić information content (AvgIpc) is 2.97. The standard InChI is InChI=1S/C16H12F3N3/c17-16(18,19)12-2-1-3-14(8-12)22-9-15(21-10-22)11-4-6-13(20)7-5-11/h1-10H,20H2. The van der Waals surface area contributed by atoms with E-state index in [1.807, 2.05) is 12.1 Å². The SMILES string of the molecule is Nc1ccc(-c2cn(-c3cccc(C(F)(F)F)c3)cn2)cc1. The first-order valence-corrected chi connectivity index (χ1v) is 6.51. The van der Waals surface area contributed by atoms with Crippen molar-refractivity contribution in [2.75, 3.05) is 5.73 Å². The van der Waals surface area contributed by atoms with E-state index in [4.69, 9.17) is 5.73 Å². The Kier molecular flexibility index (Phi) is 3.36. The predicted octanol–water partition coefficient (Wildman–Crippen LogP) is 4.14. The molecule has 22 heavy (non-hydrogen) atoms. The minimum absolute atomic E-state index is 0.407. The van der Waals surface area contributed by atoms with Gasteiger partial charge in [-0.15, -0.1) is 0 Å². The Hall–Kier alpha value is -2.76. The van der Waals surface area contributed by atoms with Gasteiger partial charge in [0, 0.05) is 23.1 Å². The summed E-state index contributed by atoms with van der Waals surface area (Å²) in [6.07, 6.45) is -1.20. The van der Waals surface area contributed by atoms with E-state index < -0.39 is 11.7 Å². The van der Waals surface area contributed by atoms with Crippen LogP contribution >= 0.6 is 0 Å². The van der Waals surface area contributed by atoms with Gasteiger partial charge in [-0.05, 0) is 30.3 Å². The zero-order valence-corrected chi connectivity index (χ0v) is 11.4. The van der Waals surface area contributed by atoms with E-state index in [0.29, 0.717) is 17.1 Å². The summed E-state index contributed by atoms with van der Waals surface area (Å²) in [5.41, 5.74) is 7.50. The summed E-state index contributed by atoms with van der Waals surface area (Å²) < 4.78 is 39.8. The molecule has 0 unspecified atom stereocenters. The molecule has 0 spiro atoms. The number of benzene rings is 2. The van der Waals surface area contributed by atoms with Crippen molar-refractivity contribution < 1.29 is 13.2 Å². The third kappa shape index (κ3) is 2.81. The lowest BCUT2D eigenvalue weighted by Gasteiger charge is -2.08. The lowest BCUT2D eigenvalue weighted by Crippen LogP contribution is -2.05. The van der Waals surface area contributed by atoms with E-state index in [-0.39, 0.29) is 0 Å². The minimum Gasteiger partial charge on any atom is -0.399 e. The van der Waals surface area contributed by atoms with Crippen LogP contribution in [-0.4, -0.2) is 9.55 Å². The smallest absolute Gasteiger partial charge is 0.399 e. The van der Waals surface area contributed by atoms with Crippen LogP contribution in [0, 0.1) is 0 Å². The number of hydrogen-bond donors (Lipinski definition) is 1. The highest BCUT2D eigenvalue weighted by atomic mass is 19.4. The van der Waals surface area contributed by atoms with Crippen LogP contribution in [0.25, 0.3) is 16.9 Å². The van der Waals surface area contributed by atoms with Crippen LogP contribution in [-0.2, 0) is 6.18 Å². The number of aromatic nitrogens is 2. The maximum absolute atomic E-state index is 12.8. The monoisotopic (exact) mass is 303 g/mol. The molecule has 0 radical (unpaired) electrons. The van der Waals surface area contributed by atoms with Gasteiger partial charge in [0.1, 0.15) is 0 Å². The van der Waals surface area contributed by atoms with Gasteiger partial charge >= 0.3 is 6.18 Å². The van der Waals surface area contributed by atoms with Gasteiger partial charge in [-0.1, -0.05) is 18.2 Å². The molecule has 2 aromatic carbocycles. The Labute approximate surface area is 124 Å². The minimum atomic E-state index is -4.36. The lowest BCUT2D eigenvalue weighted by atomic mass is 10.1. The van der Waals surface area contributed by atoms with Gasteiger partial charge in [0.25, 0.3) is 0 Å². The van der Waals surface area contributed by atoms with Crippen molar-refractivity contribution in [1.82, 2.24) is 9.55 Å². The maximum Gasteiger partial charge on any atom is 0.416 e. The second-order valence-corrected chi connectivity index (χ2v) is 4.84. The molecular formula is C16H12F3N3. The van der Waals surface area contributed by atoms with Gasteiger partial charge < -0.3 is 10.3 Å². The summed E-state index contributed by atoms with van der Waals surface area (Å²) in [6, 6.07) is 12.2. The number of nitrogens with zero attached hydrogens (tertiary/aromatic N) is 2. The van der Waals surface area contributed by atoms with E-state index in [9.17, 15) is 13.2 Å². The van der Waals surface area contributed by atoms with Crippen molar-refractivity contribution in [3.8, 4) is 16.9 Å². The molecule has 3 aromatic rings. The van der Waals surface area contributed by atoms with Gasteiger partial charge in [-0.2, -0.15) is 13.2 Å². The predicted molar refractivity (Wildman–Crippen MR) is 78.4 cm³/mol. The molecule has 3 nitrogen and oxygen atoms in total. The van der Waals surface area contributed by atoms with Crippen molar-refractivity contribution in [3.63, 3.8) is 0 Å². The highest BCUT2D eigenvalue weighted by Crippen LogP contribution is 2.30. The first kappa shape index (κ1) is 14.2. The van der Waals surface area contributed by atoms with Crippen LogP contribution in [0.15, 0.2) is 61.1 Å². The molecule has 0 aliphatic heterocycles. The number of nitrogens with two attached hydrogens (primary N) is 1. The highest BCUT2D eigenvalue weighted by Gasteiger charge is 2.30. The molecule has 112 valence electrons. The van der Waals surface area contributed by atoms with Crippen LogP contribution in [0.5, 0.6) is 0 Å². The molecule has 0 amide bonds. The molecule has 1 aromatic heterocycles. The molecule has 0 saturated carbocycles. The van der Waals surface area contributed by atoms with Crippen molar-refractivity contribution in [2.24, 2.45) is 0 Å². The van der Waals surface area contributed by atoms with Gasteiger partial charge in [0.15, 0.2) is 0 Å². The van der Waals surface area contributed by atoms with E-state index in [1.165, 1.54) is 12.4 Å². The number of hydrogen-bond acceptors (Lipinski definition) is 2. The topological polar surface area (TPSA) is 43.8 Å². The van der Waals surface area contributed by atoms with Crippen LogP contribution < -0.4 is 5.73 Å². The summed E-state index contributed by atoms with van der Waals surface area (Å²) in [5, 5.41) is 0. The molecule has 6 heteroatoms. The van der Waals surface area contributed by atoms with Crippen molar-refractivity contribution in [3.05, 3.63) is 66.6 Å². The van der Waals surface area contributed by atoms with Gasteiger partial charge in [-0.3, -0.25) is 0 Å². The number of imidazole rings is 1. The second-order valence-electron chi connectivity index (χ2n) is 4.84. The Morgan fingerprint density at radius 2 is 1.73 bits per heavy atom. The number of anilines is 1. The van der Waals surface area contributed by atoms with Crippen molar-refractivity contribution in [1.29, 1.82) is 0 Å². The number of alkyl halides is 3. The largest absolute Gasteiger partial charge is 0.416 e. The normalized spacial score (nSPS) is 11.6. The molecule has 0 saturated heterocycles. The third-order valence-electron chi connectivity index (χ3n) is 3.26.